The second-order valence-electron chi connectivity index (χ2n) is 8.86. The molecule has 2 aliphatic rings. The monoisotopic (exact) mass is 490 g/mol. The predicted octanol–water partition coefficient (Wildman–Crippen LogP) is 3.83. The largest absolute Gasteiger partial charge is 0.458 e. The zero-order valence-electron chi connectivity index (χ0n) is 19.9. The summed E-state index contributed by atoms with van der Waals surface area (Å²) in [6, 6.07) is 6.14. The standard InChI is InChI=1S/C25H31FN2O5S/c1-16(2)25-22(13-12-20-14-19(29)15-24(30)33-20)21(17-8-10-18(26)11-9-17)6-5-7-23(27-25)28(3)34(4,31)32/h6,8-13,16,19-20,29H,5,7,14-15H2,1-4H3/b13-12+,21-6-,25-22-,27-23?/t19-,20-/m1/s1. The Morgan fingerprint density at radius 2 is 1.94 bits per heavy atom. The first-order chi connectivity index (χ1) is 16.0. The van der Waals surface area contributed by atoms with Crippen LogP contribution in [0, 0.1) is 11.7 Å². The lowest BCUT2D eigenvalue weighted by molar-refractivity contribution is -0.156. The quantitative estimate of drug-likeness (QED) is 0.633. The number of benzene rings is 1. The van der Waals surface area contributed by atoms with Crippen LogP contribution >= 0.6 is 0 Å². The maximum atomic E-state index is 13.6. The van der Waals surface area contributed by atoms with Crippen LogP contribution in [0.25, 0.3) is 5.57 Å². The van der Waals surface area contributed by atoms with Crippen LogP contribution in [0.4, 0.5) is 4.39 Å². The molecule has 2 heterocycles. The van der Waals surface area contributed by atoms with Crippen LogP contribution in [-0.4, -0.2) is 55.1 Å². The van der Waals surface area contributed by atoms with E-state index in [2.05, 4.69) is 0 Å². The summed E-state index contributed by atoms with van der Waals surface area (Å²) in [5.41, 5.74) is 2.99. The van der Waals surface area contributed by atoms with E-state index in [1.807, 2.05) is 19.9 Å². The molecule has 1 saturated heterocycles. The average Bonchev–Trinajstić information content (AvgIpc) is 2.72. The minimum atomic E-state index is -3.50. The van der Waals surface area contributed by atoms with Crippen molar-refractivity contribution in [3.63, 3.8) is 0 Å². The Balaban J connectivity index is 2.16. The third kappa shape index (κ3) is 6.42. The Morgan fingerprint density at radius 3 is 2.53 bits per heavy atom. The molecule has 0 saturated carbocycles. The second-order valence-corrected chi connectivity index (χ2v) is 10.9. The zero-order valence-corrected chi connectivity index (χ0v) is 20.7. The summed E-state index contributed by atoms with van der Waals surface area (Å²) in [5.74, 6) is -0.470. The van der Waals surface area contributed by atoms with Crippen molar-refractivity contribution in [2.45, 2.75) is 51.7 Å². The molecule has 1 aromatic carbocycles. The number of hydrogen-bond acceptors (Lipinski definition) is 6. The van der Waals surface area contributed by atoms with Crippen molar-refractivity contribution in [1.82, 2.24) is 4.31 Å². The van der Waals surface area contributed by atoms with Gasteiger partial charge in [0, 0.05) is 25.5 Å². The minimum Gasteiger partial charge on any atom is -0.458 e. The van der Waals surface area contributed by atoms with Gasteiger partial charge in [0.2, 0.25) is 10.0 Å². The summed E-state index contributed by atoms with van der Waals surface area (Å²) in [4.78, 5) is 16.6. The molecule has 0 aromatic heterocycles. The van der Waals surface area contributed by atoms with Crippen molar-refractivity contribution in [3.05, 3.63) is 65.1 Å². The molecule has 2 atom stereocenters. The lowest BCUT2D eigenvalue weighted by atomic mass is 9.90. The second kappa shape index (κ2) is 10.7. The number of hydrogen-bond donors (Lipinski definition) is 1. The Morgan fingerprint density at radius 1 is 1.26 bits per heavy atom. The third-order valence-electron chi connectivity index (χ3n) is 5.76. The smallest absolute Gasteiger partial charge is 0.309 e. The Bertz CT molecular complexity index is 1150. The predicted molar refractivity (Wildman–Crippen MR) is 130 cm³/mol. The number of allylic oxidation sites excluding steroid dienone is 5. The van der Waals surface area contributed by atoms with Gasteiger partial charge in [0.15, 0.2) is 0 Å². The van der Waals surface area contributed by atoms with E-state index in [0.717, 1.165) is 23.0 Å². The van der Waals surface area contributed by atoms with Crippen LogP contribution in [0.1, 0.15) is 45.1 Å². The van der Waals surface area contributed by atoms with E-state index in [1.165, 1.54) is 23.5 Å². The molecule has 34 heavy (non-hydrogen) atoms. The number of aliphatic hydroxyl groups excluding tert-OH is 1. The molecule has 0 aliphatic carbocycles. The van der Waals surface area contributed by atoms with Gasteiger partial charge in [0.05, 0.1) is 24.5 Å². The van der Waals surface area contributed by atoms with Crippen LogP contribution in [0.5, 0.6) is 0 Å². The fraction of sp³-hybridized carbons (Fsp3) is 0.440. The van der Waals surface area contributed by atoms with Crippen molar-refractivity contribution in [3.8, 4) is 0 Å². The topological polar surface area (TPSA) is 96.3 Å². The first kappa shape index (κ1) is 25.8. The number of amidine groups is 1. The molecule has 184 valence electrons. The molecule has 7 nitrogen and oxygen atoms in total. The number of aliphatic imine (C=N–C) groups is 1. The fourth-order valence-electron chi connectivity index (χ4n) is 3.92. The average molecular weight is 491 g/mol. The molecule has 0 radical (unpaired) electrons. The first-order valence-corrected chi connectivity index (χ1v) is 13.1. The van der Waals surface area contributed by atoms with Gasteiger partial charge in [-0.05, 0) is 41.7 Å². The number of sulfonamides is 1. The molecule has 2 aliphatic heterocycles. The van der Waals surface area contributed by atoms with E-state index in [0.29, 0.717) is 24.4 Å². The van der Waals surface area contributed by atoms with E-state index in [9.17, 15) is 22.7 Å². The Labute approximate surface area is 200 Å². The lowest BCUT2D eigenvalue weighted by Crippen LogP contribution is -2.33. The van der Waals surface area contributed by atoms with E-state index in [4.69, 9.17) is 9.73 Å². The summed E-state index contributed by atoms with van der Waals surface area (Å²) >= 11 is 0. The van der Waals surface area contributed by atoms with Gasteiger partial charge in [-0.15, -0.1) is 0 Å². The molecular weight excluding hydrogens is 459 g/mol. The minimum absolute atomic E-state index is 0.0313. The molecule has 3 rings (SSSR count). The van der Waals surface area contributed by atoms with Crippen molar-refractivity contribution in [2.75, 3.05) is 13.3 Å². The highest BCUT2D eigenvalue weighted by atomic mass is 32.2. The van der Waals surface area contributed by atoms with Gasteiger partial charge in [0.25, 0.3) is 0 Å². The number of rotatable bonds is 5. The number of halogens is 1. The summed E-state index contributed by atoms with van der Waals surface area (Å²) in [5, 5.41) is 9.96. The van der Waals surface area contributed by atoms with Crippen molar-refractivity contribution < 1.29 is 27.4 Å². The summed E-state index contributed by atoms with van der Waals surface area (Å²) in [7, 11) is -2.01. The van der Waals surface area contributed by atoms with Crippen LogP contribution in [-0.2, 0) is 19.6 Å². The first-order valence-electron chi connectivity index (χ1n) is 11.2. The van der Waals surface area contributed by atoms with Crippen LogP contribution in [0.3, 0.4) is 0 Å². The number of aliphatic hydroxyl groups is 1. The maximum Gasteiger partial charge on any atom is 0.309 e. The molecule has 1 fully saturated rings. The Hall–Kier alpha value is -2.78. The molecule has 9 heteroatoms. The van der Waals surface area contributed by atoms with Crippen molar-refractivity contribution >= 4 is 27.4 Å². The SMILES string of the molecule is CC(C)/C1=C(\C=C\[C@@H]2C[C@@H](O)CC(=O)O2)C(/c2ccc(F)cc2)=C\CCC(N(C)S(C)(=O)=O)=N1. The van der Waals surface area contributed by atoms with Crippen LogP contribution in [0.2, 0.25) is 0 Å². The molecule has 0 amide bonds. The van der Waals surface area contributed by atoms with Gasteiger partial charge in [-0.2, -0.15) is 0 Å². The summed E-state index contributed by atoms with van der Waals surface area (Å²) in [6.07, 6.45) is 6.45. The highest BCUT2D eigenvalue weighted by molar-refractivity contribution is 7.88. The highest BCUT2D eigenvalue weighted by Crippen LogP contribution is 2.34. The maximum absolute atomic E-state index is 13.6. The number of esters is 1. The number of nitrogens with zero attached hydrogens (tertiary/aromatic N) is 2. The molecule has 0 spiro atoms. The highest BCUT2D eigenvalue weighted by Gasteiger charge is 2.26. The molecule has 0 bridgehead atoms. The summed E-state index contributed by atoms with van der Waals surface area (Å²) < 4.78 is 44.5. The number of ether oxygens (including phenoxy) is 1. The number of carbonyl (C=O) groups is 1. The molecule has 1 aromatic rings. The van der Waals surface area contributed by atoms with Gasteiger partial charge in [-0.25, -0.2) is 17.8 Å². The van der Waals surface area contributed by atoms with Gasteiger partial charge in [0.1, 0.15) is 17.8 Å². The Kier molecular flexibility index (Phi) is 8.09. The van der Waals surface area contributed by atoms with E-state index < -0.39 is 28.2 Å². The van der Waals surface area contributed by atoms with E-state index in [1.54, 1.807) is 24.3 Å². The molecular formula is C25H31FN2O5S. The van der Waals surface area contributed by atoms with Crippen molar-refractivity contribution in [1.29, 1.82) is 0 Å². The van der Waals surface area contributed by atoms with E-state index >= 15 is 0 Å². The van der Waals surface area contributed by atoms with Gasteiger partial charge in [-0.1, -0.05) is 38.1 Å². The normalized spacial score (nSPS) is 25.9. The van der Waals surface area contributed by atoms with Gasteiger partial charge < -0.3 is 9.84 Å². The van der Waals surface area contributed by atoms with Crippen molar-refractivity contribution in [2.24, 2.45) is 10.9 Å². The van der Waals surface area contributed by atoms with Gasteiger partial charge in [-0.3, -0.25) is 9.10 Å². The zero-order chi connectivity index (χ0) is 25.0. The van der Waals surface area contributed by atoms with Crippen LogP contribution < -0.4 is 0 Å². The van der Waals surface area contributed by atoms with E-state index in [-0.39, 0.29) is 24.6 Å². The third-order valence-corrected chi connectivity index (χ3v) is 6.97. The molecule has 0 unspecified atom stereocenters. The lowest BCUT2D eigenvalue weighted by Gasteiger charge is -2.25. The molecule has 1 N–H and O–H groups in total. The van der Waals surface area contributed by atoms with Gasteiger partial charge >= 0.3 is 5.97 Å². The van der Waals surface area contributed by atoms with Crippen LogP contribution in [0.15, 0.2) is 58.8 Å². The fourth-order valence-corrected chi connectivity index (χ4v) is 4.43. The number of carbonyl (C=O) groups excluding carboxylic acids is 1. The number of cyclic esters (lactones) is 1. The summed E-state index contributed by atoms with van der Waals surface area (Å²) in [6.45, 7) is 3.91.